The van der Waals surface area contributed by atoms with Gasteiger partial charge in [-0.05, 0) is 26.0 Å². The summed E-state index contributed by atoms with van der Waals surface area (Å²) >= 11 is 0. The highest BCUT2D eigenvalue weighted by Crippen LogP contribution is 2.36. The smallest absolute Gasteiger partial charge is 0.309 e. The highest BCUT2D eigenvalue weighted by Gasteiger charge is 2.39. The third-order valence-corrected chi connectivity index (χ3v) is 3.38. The Morgan fingerprint density at radius 3 is 2.68 bits per heavy atom. The molecule has 0 aromatic heterocycles. The number of ether oxygens (including phenoxy) is 1. The van der Waals surface area contributed by atoms with E-state index in [0.717, 1.165) is 0 Å². The van der Waals surface area contributed by atoms with E-state index in [9.17, 15) is 9.59 Å². The standard InChI is InChI=1S/C14H17NO4/c1-14(2,13(17)18)8-11-12(16)15(3)9-6-4-5-7-10(9)19-11/h4-7,11H,8H2,1-3H3,(H,17,18). The number of benzene rings is 1. The Labute approximate surface area is 111 Å². The van der Waals surface area contributed by atoms with E-state index in [4.69, 9.17) is 9.84 Å². The van der Waals surface area contributed by atoms with E-state index in [1.165, 1.54) is 4.90 Å². The van der Waals surface area contributed by atoms with Crippen LogP contribution in [0.2, 0.25) is 0 Å². The van der Waals surface area contributed by atoms with E-state index < -0.39 is 17.5 Å². The van der Waals surface area contributed by atoms with Gasteiger partial charge in [0.15, 0.2) is 6.10 Å². The fraction of sp³-hybridized carbons (Fsp3) is 0.429. The molecule has 1 atom stereocenters. The van der Waals surface area contributed by atoms with Crippen molar-refractivity contribution < 1.29 is 19.4 Å². The van der Waals surface area contributed by atoms with E-state index in [1.807, 2.05) is 12.1 Å². The molecular weight excluding hydrogens is 246 g/mol. The Kier molecular flexibility index (Phi) is 3.22. The first-order valence-corrected chi connectivity index (χ1v) is 6.09. The molecule has 2 rings (SSSR count). The number of carbonyl (C=O) groups is 2. The number of nitrogens with zero attached hydrogens (tertiary/aromatic N) is 1. The number of carboxylic acids is 1. The van der Waals surface area contributed by atoms with Crippen LogP contribution in [0.5, 0.6) is 5.75 Å². The molecule has 102 valence electrons. The number of rotatable bonds is 3. The van der Waals surface area contributed by atoms with Gasteiger partial charge < -0.3 is 14.7 Å². The summed E-state index contributed by atoms with van der Waals surface area (Å²) in [4.78, 5) is 24.9. The van der Waals surface area contributed by atoms with Crippen molar-refractivity contribution in [1.29, 1.82) is 0 Å². The first kappa shape index (κ1) is 13.4. The molecule has 1 aromatic rings. The number of likely N-dealkylation sites (N-methyl/N-ethyl adjacent to an activating group) is 1. The summed E-state index contributed by atoms with van der Waals surface area (Å²) in [5.74, 6) is -0.547. The zero-order valence-electron chi connectivity index (χ0n) is 11.2. The fourth-order valence-electron chi connectivity index (χ4n) is 2.05. The minimum absolute atomic E-state index is 0.139. The van der Waals surface area contributed by atoms with Gasteiger partial charge in [-0.25, -0.2) is 0 Å². The summed E-state index contributed by atoms with van der Waals surface area (Å²) in [6, 6.07) is 7.22. The molecule has 5 nitrogen and oxygen atoms in total. The van der Waals surface area contributed by atoms with Crippen LogP contribution in [-0.2, 0) is 9.59 Å². The van der Waals surface area contributed by atoms with Crippen LogP contribution in [0.15, 0.2) is 24.3 Å². The maximum atomic E-state index is 12.2. The number of fused-ring (bicyclic) bond motifs is 1. The summed E-state index contributed by atoms with van der Waals surface area (Å²) in [7, 11) is 1.67. The van der Waals surface area contributed by atoms with E-state index in [2.05, 4.69) is 0 Å². The third-order valence-electron chi connectivity index (χ3n) is 3.38. The van der Waals surface area contributed by atoms with Gasteiger partial charge in [-0.3, -0.25) is 9.59 Å². The summed E-state index contributed by atoms with van der Waals surface area (Å²) in [6.07, 6.45) is -0.620. The average Bonchev–Trinajstić information content (AvgIpc) is 2.35. The highest BCUT2D eigenvalue weighted by atomic mass is 16.5. The molecule has 0 bridgehead atoms. The molecule has 1 aliphatic rings. The molecule has 5 heteroatoms. The molecule has 0 saturated carbocycles. The second-order valence-electron chi connectivity index (χ2n) is 5.36. The van der Waals surface area contributed by atoms with E-state index in [0.29, 0.717) is 11.4 Å². The lowest BCUT2D eigenvalue weighted by Gasteiger charge is -2.34. The zero-order chi connectivity index (χ0) is 14.2. The molecule has 0 spiro atoms. The lowest BCUT2D eigenvalue weighted by Crippen LogP contribution is -2.46. The normalized spacial score (nSPS) is 18.8. The molecule has 0 radical (unpaired) electrons. The van der Waals surface area contributed by atoms with Gasteiger partial charge >= 0.3 is 5.97 Å². The van der Waals surface area contributed by atoms with Crippen LogP contribution in [-0.4, -0.2) is 30.1 Å². The van der Waals surface area contributed by atoms with Crippen LogP contribution in [0.1, 0.15) is 20.3 Å². The van der Waals surface area contributed by atoms with E-state index in [1.54, 1.807) is 33.0 Å². The van der Waals surface area contributed by atoms with Gasteiger partial charge in [0, 0.05) is 13.5 Å². The number of aliphatic carboxylic acids is 1. The number of anilines is 1. The molecule has 19 heavy (non-hydrogen) atoms. The topological polar surface area (TPSA) is 66.8 Å². The van der Waals surface area contributed by atoms with Crippen molar-refractivity contribution >= 4 is 17.6 Å². The second kappa shape index (κ2) is 4.57. The number of carboxylic acid groups (broad SMARTS) is 1. The molecule has 1 unspecified atom stereocenters. The lowest BCUT2D eigenvalue weighted by molar-refractivity contribution is -0.149. The predicted octanol–water partition coefficient (Wildman–Crippen LogP) is 1.91. The quantitative estimate of drug-likeness (QED) is 0.904. The van der Waals surface area contributed by atoms with Gasteiger partial charge in [0.2, 0.25) is 0 Å². The average molecular weight is 263 g/mol. The lowest BCUT2D eigenvalue weighted by atomic mass is 9.86. The molecule has 1 aliphatic heterocycles. The molecule has 1 heterocycles. The van der Waals surface area contributed by atoms with Crippen molar-refractivity contribution in [3.63, 3.8) is 0 Å². The van der Waals surface area contributed by atoms with Crippen LogP contribution in [0, 0.1) is 5.41 Å². The number of carbonyl (C=O) groups excluding carboxylic acids is 1. The van der Waals surface area contributed by atoms with Crippen molar-refractivity contribution in [2.24, 2.45) is 5.41 Å². The SMILES string of the molecule is CN1C(=O)C(CC(C)(C)C(=O)O)Oc2ccccc21. The number of para-hydroxylation sites is 2. The molecule has 1 amide bonds. The van der Waals surface area contributed by atoms with Crippen LogP contribution in [0.4, 0.5) is 5.69 Å². The van der Waals surface area contributed by atoms with Crippen molar-refractivity contribution in [1.82, 2.24) is 0 Å². The van der Waals surface area contributed by atoms with E-state index >= 15 is 0 Å². The molecule has 0 fully saturated rings. The number of hydrogen-bond acceptors (Lipinski definition) is 3. The minimum Gasteiger partial charge on any atom is -0.481 e. The van der Waals surface area contributed by atoms with Crippen molar-refractivity contribution in [2.75, 3.05) is 11.9 Å². The molecule has 1 N–H and O–H groups in total. The summed E-state index contributed by atoms with van der Waals surface area (Å²) in [5, 5.41) is 9.14. The maximum absolute atomic E-state index is 12.2. The van der Waals surface area contributed by atoms with Gasteiger partial charge in [-0.1, -0.05) is 12.1 Å². The van der Waals surface area contributed by atoms with Crippen LogP contribution in [0.3, 0.4) is 0 Å². The summed E-state index contributed by atoms with van der Waals surface area (Å²) in [5.41, 5.74) is -0.301. The first-order chi connectivity index (χ1) is 8.83. The Bertz CT molecular complexity index is 524. The van der Waals surface area contributed by atoms with Gasteiger partial charge in [0.25, 0.3) is 5.91 Å². The summed E-state index contributed by atoms with van der Waals surface area (Å²) < 4.78 is 5.65. The van der Waals surface area contributed by atoms with Crippen molar-refractivity contribution in [3.05, 3.63) is 24.3 Å². The Hall–Kier alpha value is -2.04. The van der Waals surface area contributed by atoms with Crippen LogP contribution >= 0.6 is 0 Å². The van der Waals surface area contributed by atoms with Gasteiger partial charge in [-0.2, -0.15) is 0 Å². The zero-order valence-corrected chi connectivity index (χ0v) is 11.2. The largest absolute Gasteiger partial charge is 0.481 e. The third kappa shape index (κ3) is 2.41. The number of amides is 1. The van der Waals surface area contributed by atoms with Crippen molar-refractivity contribution in [3.8, 4) is 5.75 Å². The predicted molar refractivity (Wildman–Crippen MR) is 70.3 cm³/mol. The molecule has 0 aliphatic carbocycles. The van der Waals surface area contributed by atoms with Crippen LogP contribution in [0.25, 0.3) is 0 Å². The first-order valence-electron chi connectivity index (χ1n) is 6.09. The van der Waals surface area contributed by atoms with E-state index in [-0.39, 0.29) is 12.3 Å². The molecule has 1 aromatic carbocycles. The number of hydrogen-bond donors (Lipinski definition) is 1. The maximum Gasteiger partial charge on any atom is 0.309 e. The van der Waals surface area contributed by atoms with Crippen LogP contribution < -0.4 is 9.64 Å². The summed E-state index contributed by atoms with van der Waals surface area (Å²) in [6.45, 7) is 3.18. The Balaban J connectivity index is 2.27. The van der Waals surface area contributed by atoms with Gasteiger partial charge in [-0.15, -0.1) is 0 Å². The van der Waals surface area contributed by atoms with Crippen molar-refractivity contribution in [2.45, 2.75) is 26.4 Å². The highest BCUT2D eigenvalue weighted by molar-refractivity contribution is 5.99. The second-order valence-corrected chi connectivity index (χ2v) is 5.36. The Morgan fingerprint density at radius 1 is 1.42 bits per heavy atom. The monoisotopic (exact) mass is 263 g/mol. The van der Waals surface area contributed by atoms with Gasteiger partial charge in [0.05, 0.1) is 11.1 Å². The van der Waals surface area contributed by atoms with Gasteiger partial charge in [0.1, 0.15) is 5.75 Å². The fourth-order valence-corrected chi connectivity index (χ4v) is 2.05. The minimum atomic E-state index is -1.01. The molecular formula is C14H17NO4. The molecule has 0 saturated heterocycles. The Morgan fingerprint density at radius 2 is 2.05 bits per heavy atom.